The van der Waals surface area contributed by atoms with Gasteiger partial charge in [-0.3, -0.25) is 14.4 Å². The van der Waals surface area contributed by atoms with E-state index in [2.05, 4.69) is 0 Å². The number of amides is 1. The van der Waals surface area contributed by atoms with E-state index in [0.717, 1.165) is 0 Å². The minimum Gasteiger partial charge on any atom is -0.422 e. The Morgan fingerprint density at radius 3 is 1.81 bits per heavy atom. The van der Waals surface area contributed by atoms with E-state index in [1.807, 2.05) is 0 Å². The summed E-state index contributed by atoms with van der Waals surface area (Å²) in [5, 5.41) is 0. The zero-order valence-corrected chi connectivity index (χ0v) is 16.2. The molecule has 1 aromatic rings. The van der Waals surface area contributed by atoms with Gasteiger partial charge in [0.25, 0.3) is 0 Å². The van der Waals surface area contributed by atoms with E-state index in [-0.39, 0.29) is 17.9 Å². The van der Waals surface area contributed by atoms with Gasteiger partial charge in [0.2, 0.25) is 5.91 Å². The number of nitrogens with two attached hydrogens (primary N) is 2. The molecule has 0 aromatic heterocycles. The van der Waals surface area contributed by atoms with Crippen molar-refractivity contribution in [2.75, 3.05) is 0 Å². The quantitative estimate of drug-likeness (QED) is 0.608. The van der Waals surface area contributed by atoms with Crippen molar-refractivity contribution in [3.63, 3.8) is 0 Å². The van der Waals surface area contributed by atoms with E-state index in [1.54, 1.807) is 47.6 Å². The fraction of sp³-hybridized carbons (Fsp3) is 0.526. The maximum atomic E-state index is 12.2. The standard InChI is InChI=1S/C19H28N2O5/c1-18(2,3)16(23)25-13-8-7-11(9-12(20)15(21)22)10-14(13)26-17(24)19(4,5)6/h7-8,10,12H,9,20H2,1-6H3,(H2,21,22)/t12-/m0/s1. The maximum absolute atomic E-state index is 12.2. The summed E-state index contributed by atoms with van der Waals surface area (Å²) in [7, 11) is 0. The van der Waals surface area contributed by atoms with E-state index >= 15 is 0 Å². The SMILES string of the molecule is CC(C)(C)C(=O)Oc1ccc(C[C@H](N)C(N)=O)cc1OC(=O)C(C)(C)C. The lowest BCUT2D eigenvalue weighted by Crippen LogP contribution is -2.38. The number of rotatable bonds is 5. The van der Waals surface area contributed by atoms with Gasteiger partial charge in [-0.1, -0.05) is 6.07 Å². The van der Waals surface area contributed by atoms with Crippen molar-refractivity contribution in [2.45, 2.75) is 54.0 Å². The molecule has 0 saturated heterocycles. The zero-order valence-electron chi connectivity index (χ0n) is 16.2. The molecule has 0 heterocycles. The Morgan fingerprint density at radius 1 is 0.923 bits per heavy atom. The van der Waals surface area contributed by atoms with Gasteiger partial charge in [0.15, 0.2) is 11.5 Å². The van der Waals surface area contributed by atoms with Crippen molar-refractivity contribution in [3.8, 4) is 11.5 Å². The molecule has 4 N–H and O–H groups in total. The largest absolute Gasteiger partial charge is 0.422 e. The zero-order chi connectivity index (χ0) is 20.3. The number of hydrogen-bond acceptors (Lipinski definition) is 6. The van der Waals surface area contributed by atoms with E-state index < -0.39 is 34.7 Å². The lowest BCUT2D eigenvalue weighted by molar-refractivity contribution is -0.145. The first-order valence-electron chi connectivity index (χ1n) is 8.34. The second kappa shape index (κ2) is 7.86. The molecule has 0 unspecified atom stereocenters. The summed E-state index contributed by atoms with van der Waals surface area (Å²) in [6.45, 7) is 10.3. The third-order valence-corrected chi connectivity index (χ3v) is 3.46. The molecule has 1 aromatic carbocycles. The maximum Gasteiger partial charge on any atom is 0.316 e. The average molecular weight is 364 g/mol. The number of esters is 2. The molecule has 1 rings (SSSR count). The van der Waals surface area contributed by atoms with Crippen molar-refractivity contribution < 1.29 is 23.9 Å². The highest BCUT2D eigenvalue weighted by Gasteiger charge is 2.28. The molecule has 0 aliphatic rings. The van der Waals surface area contributed by atoms with Crippen molar-refractivity contribution in [2.24, 2.45) is 22.3 Å². The third-order valence-electron chi connectivity index (χ3n) is 3.46. The van der Waals surface area contributed by atoms with Crippen LogP contribution in [0.25, 0.3) is 0 Å². The van der Waals surface area contributed by atoms with Gasteiger partial charge in [-0.05, 0) is 65.7 Å². The van der Waals surface area contributed by atoms with E-state index in [9.17, 15) is 14.4 Å². The van der Waals surface area contributed by atoms with E-state index in [0.29, 0.717) is 5.56 Å². The summed E-state index contributed by atoms with van der Waals surface area (Å²) in [5.74, 6) is -1.37. The Labute approximate surface area is 154 Å². The summed E-state index contributed by atoms with van der Waals surface area (Å²) >= 11 is 0. The molecule has 0 aliphatic carbocycles. The van der Waals surface area contributed by atoms with Gasteiger partial charge in [0, 0.05) is 0 Å². The Kier molecular flexibility index (Phi) is 6.54. The van der Waals surface area contributed by atoms with Crippen molar-refractivity contribution >= 4 is 17.8 Å². The van der Waals surface area contributed by atoms with E-state index in [1.165, 1.54) is 12.1 Å². The van der Waals surface area contributed by atoms with Crippen molar-refractivity contribution in [1.29, 1.82) is 0 Å². The molecule has 1 amide bonds. The average Bonchev–Trinajstić information content (AvgIpc) is 2.47. The molecule has 0 saturated carbocycles. The van der Waals surface area contributed by atoms with E-state index in [4.69, 9.17) is 20.9 Å². The third kappa shape index (κ3) is 6.15. The summed E-state index contributed by atoms with van der Waals surface area (Å²) in [6.07, 6.45) is 0.170. The van der Waals surface area contributed by atoms with Crippen LogP contribution in [-0.2, 0) is 20.8 Å². The van der Waals surface area contributed by atoms with Gasteiger partial charge >= 0.3 is 11.9 Å². The predicted molar refractivity (Wildman–Crippen MR) is 97.5 cm³/mol. The Morgan fingerprint density at radius 2 is 1.38 bits per heavy atom. The highest BCUT2D eigenvalue weighted by molar-refractivity contribution is 5.81. The normalized spacial score (nSPS) is 13.0. The summed E-state index contributed by atoms with van der Waals surface area (Å²) in [4.78, 5) is 35.6. The highest BCUT2D eigenvalue weighted by Crippen LogP contribution is 2.32. The molecular formula is C19H28N2O5. The topological polar surface area (TPSA) is 122 Å². The number of ether oxygens (including phenoxy) is 2. The minimum absolute atomic E-state index is 0.0942. The molecule has 1 atom stereocenters. The molecular weight excluding hydrogens is 336 g/mol. The van der Waals surface area contributed by atoms with Crippen molar-refractivity contribution in [3.05, 3.63) is 23.8 Å². The molecule has 0 spiro atoms. The first-order valence-corrected chi connectivity index (χ1v) is 8.34. The molecule has 0 fully saturated rings. The highest BCUT2D eigenvalue weighted by atomic mass is 16.6. The van der Waals surface area contributed by atoms with Crippen LogP contribution in [0.3, 0.4) is 0 Å². The fourth-order valence-electron chi connectivity index (χ4n) is 1.70. The summed E-state index contributed by atoms with van der Waals surface area (Å²) in [6, 6.07) is 3.81. The van der Waals surface area contributed by atoms with Gasteiger partial charge in [-0.15, -0.1) is 0 Å². The van der Waals surface area contributed by atoms with Crippen LogP contribution in [0.15, 0.2) is 18.2 Å². The van der Waals surface area contributed by atoms with Crippen LogP contribution in [-0.4, -0.2) is 23.9 Å². The fourth-order valence-corrected chi connectivity index (χ4v) is 1.70. The van der Waals surface area contributed by atoms with Crippen LogP contribution < -0.4 is 20.9 Å². The van der Waals surface area contributed by atoms with Crippen LogP contribution in [0, 0.1) is 10.8 Å². The second-order valence-electron chi connectivity index (χ2n) is 8.27. The molecule has 7 heteroatoms. The Hall–Kier alpha value is -2.41. The number of hydrogen-bond donors (Lipinski definition) is 2. The van der Waals surface area contributed by atoms with Crippen LogP contribution in [0.2, 0.25) is 0 Å². The van der Waals surface area contributed by atoms with Crippen LogP contribution in [0.5, 0.6) is 11.5 Å². The summed E-state index contributed by atoms with van der Waals surface area (Å²) in [5.41, 5.74) is 10.0. The molecule has 0 aliphatic heterocycles. The second-order valence-corrected chi connectivity index (χ2v) is 8.27. The first kappa shape index (κ1) is 21.6. The lowest BCUT2D eigenvalue weighted by Gasteiger charge is -2.21. The Balaban J connectivity index is 3.21. The number of primary amides is 1. The monoisotopic (exact) mass is 364 g/mol. The van der Waals surface area contributed by atoms with Gasteiger partial charge < -0.3 is 20.9 Å². The van der Waals surface area contributed by atoms with Crippen LogP contribution in [0.4, 0.5) is 0 Å². The molecule has 7 nitrogen and oxygen atoms in total. The Bertz CT molecular complexity index is 699. The van der Waals surface area contributed by atoms with Gasteiger partial charge in [-0.2, -0.15) is 0 Å². The summed E-state index contributed by atoms with van der Waals surface area (Å²) < 4.78 is 10.8. The van der Waals surface area contributed by atoms with Crippen LogP contribution in [0.1, 0.15) is 47.1 Å². The first-order chi connectivity index (χ1) is 11.7. The van der Waals surface area contributed by atoms with Crippen LogP contribution >= 0.6 is 0 Å². The van der Waals surface area contributed by atoms with Gasteiger partial charge in [0.05, 0.1) is 16.9 Å². The van der Waals surface area contributed by atoms with Gasteiger partial charge in [0.1, 0.15) is 0 Å². The predicted octanol–water partition coefficient (Wildman–Crippen LogP) is 1.94. The molecule has 144 valence electrons. The lowest BCUT2D eigenvalue weighted by atomic mass is 9.97. The molecule has 26 heavy (non-hydrogen) atoms. The number of benzene rings is 1. The molecule has 0 radical (unpaired) electrons. The number of carbonyl (C=O) groups is 3. The smallest absolute Gasteiger partial charge is 0.316 e. The molecule has 0 bridgehead atoms. The van der Waals surface area contributed by atoms with Gasteiger partial charge in [-0.25, -0.2) is 0 Å². The number of carbonyl (C=O) groups excluding carboxylic acids is 3. The van der Waals surface area contributed by atoms with Crippen molar-refractivity contribution in [1.82, 2.24) is 0 Å². The minimum atomic E-state index is -0.871.